The lowest BCUT2D eigenvalue weighted by Crippen LogP contribution is -2.48. The van der Waals surface area contributed by atoms with Gasteiger partial charge in [0.2, 0.25) is 0 Å². The second-order valence-corrected chi connectivity index (χ2v) is 7.15. The van der Waals surface area contributed by atoms with Crippen LogP contribution in [-0.2, 0) is 17.6 Å². The summed E-state index contributed by atoms with van der Waals surface area (Å²) in [4.78, 5) is 40.1. The van der Waals surface area contributed by atoms with Crippen LogP contribution in [0.25, 0.3) is 0 Å². The van der Waals surface area contributed by atoms with Crippen LogP contribution in [0.2, 0.25) is 0 Å². The highest BCUT2D eigenvalue weighted by Crippen LogP contribution is 2.27. The van der Waals surface area contributed by atoms with Gasteiger partial charge in [-0.3, -0.25) is 14.5 Å². The molecule has 5 heteroatoms. The zero-order valence-electron chi connectivity index (χ0n) is 16.6. The molecule has 0 saturated carbocycles. The third-order valence-corrected chi connectivity index (χ3v) is 5.23. The largest absolute Gasteiger partial charge is 0.425 e. The first kappa shape index (κ1) is 19.6. The summed E-state index contributed by atoms with van der Waals surface area (Å²) in [5.41, 5.74) is 2.56. The SMILES string of the molecule is CCc1ccc(OC(=O)[C@H](Cc2ccccc2)N2C(=O)c3ccccc3C2=O)cc1. The number of ether oxygens (including phenoxy) is 1. The highest BCUT2D eigenvalue weighted by molar-refractivity contribution is 6.22. The minimum absolute atomic E-state index is 0.179. The molecule has 0 bridgehead atoms. The van der Waals surface area contributed by atoms with Crippen LogP contribution in [0.3, 0.4) is 0 Å². The molecule has 0 aromatic heterocycles. The number of fused-ring (bicyclic) bond motifs is 1. The van der Waals surface area contributed by atoms with Gasteiger partial charge in [0.1, 0.15) is 11.8 Å². The minimum Gasteiger partial charge on any atom is -0.425 e. The summed E-state index contributed by atoms with van der Waals surface area (Å²) in [7, 11) is 0. The molecule has 1 heterocycles. The van der Waals surface area contributed by atoms with E-state index >= 15 is 0 Å². The summed E-state index contributed by atoms with van der Waals surface area (Å²) >= 11 is 0. The molecular formula is C25H21NO4. The Morgan fingerprint density at radius 2 is 1.37 bits per heavy atom. The molecule has 0 radical (unpaired) electrons. The maximum Gasteiger partial charge on any atom is 0.335 e. The Balaban J connectivity index is 1.65. The van der Waals surface area contributed by atoms with Crippen LogP contribution >= 0.6 is 0 Å². The quantitative estimate of drug-likeness (QED) is 0.356. The number of benzene rings is 3. The first-order chi connectivity index (χ1) is 14.6. The van der Waals surface area contributed by atoms with Crippen molar-refractivity contribution in [1.82, 2.24) is 4.90 Å². The van der Waals surface area contributed by atoms with Crippen molar-refractivity contribution in [2.24, 2.45) is 0 Å². The number of nitrogens with zero attached hydrogens (tertiary/aromatic N) is 1. The lowest BCUT2D eigenvalue weighted by molar-refractivity contribution is -0.138. The number of rotatable bonds is 6. The Morgan fingerprint density at radius 1 is 0.800 bits per heavy atom. The molecular weight excluding hydrogens is 378 g/mol. The van der Waals surface area contributed by atoms with Gasteiger partial charge in [0.25, 0.3) is 11.8 Å². The number of amides is 2. The normalized spacial score (nSPS) is 13.8. The average Bonchev–Trinajstić information content (AvgIpc) is 3.03. The first-order valence-corrected chi connectivity index (χ1v) is 9.90. The molecule has 0 saturated heterocycles. The van der Waals surface area contributed by atoms with E-state index in [1.54, 1.807) is 36.4 Å². The number of hydrogen-bond donors (Lipinski definition) is 0. The van der Waals surface area contributed by atoms with Gasteiger partial charge in [-0.2, -0.15) is 0 Å². The molecule has 0 aliphatic carbocycles. The van der Waals surface area contributed by atoms with Crippen LogP contribution in [0, 0.1) is 0 Å². The third kappa shape index (κ3) is 3.74. The molecule has 30 heavy (non-hydrogen) atoms. The lowest BCUT2D eigenvalue weighted by atomic mass is 10.0. The van der Waals surface area contributed by atoms with Crippen LogP contribution in [0.15, 0.2) is 78.9 Å². The maximum atomic E-state index is 13.1. The Kier molecular flexibility index (Phi) is 5.44. The van der Waals surface area contributed by atoms with Gasteiger partial charge >= 0.3 is 5.97 Å². The fraction of sp³-hybridized carbons (Fsp3) is 0.160. The predicted molar refractivity (Wildman–Crippen MR) is 112 cm³/mol. The van der Waals surface area contributed by atoms with Gasteiger partial charge in [-0.05, 0) is 41.8 Å². The maximum absolute atomic E-state index is 13.1. The van der Waals surface area contributed by atoms with E-state index in [0.717, 1.165) is 22.4 Å². The standard InChI is InChI=1S/C25H21NO4/c1-2-17-12-14-19(15-13-17)30-25(29)22(16-18-8-4-3-5-9-18)26-23(27)20-10-6-7-11-21(20)24(26)28/h3-15,22H,2,16H2,1H3/t22-/m0/s1. The summed E-state index contributed by atoms with van der Waals surface area (Å²) in [6, 6.07) is 22.0. The average molecular weight is 399 g/mol. The smallest absolute Gasteiger partial charge is 0.335 e. The second-order valence-electron chi connectivity index (χ2n) is 7.15. The number of carbonyl (C=O) groups is 3. The van der Waals surface area contributed by atoms with Crippen LogP contribution in [0.1, 0.15) is 38.8 Å². The molecule has 3 aromatic carbocycles. The molecule has 0 fully saturated rings. The van der Waals surface area contributed by atoms with Crippen LogP contribution in [0.5, 0.6) is 5.75 Å². The van der Waals surface area contributed by atoms with Crippen molar-refractivity contribution in [3.63, 3.8) is 0 Å². The molecule has 1 atom stereocenters. The number of hydrogen-bond acceptors (Lipinski definition) is 4. The molecule has 5 nitrogen and oxygen atoms in total. The zero-order chi connectivity index (χ0) is 21.1. The van der Waals surface area contributed by atoms with Gasteiger partial charge in [0.05, 0.1) is 11.1 Å². The highest BCUT2D eigenvalue weighted by Gasteiger charge is 2.43. The Morgan fingerprint density at radius 3 is 1.93 bits per heavy atom. The molecule has 3 aromatic rings. The van der Waals surface area contributed by atoms with E-state index in [2.05, 4.69) is 0 Å². The van der Waals surface area contributed by atoms with Crippen LogP contribution in [0.4, 0.5) is 0 Å². The van der Waals surface area contributed by atoms with E-state index in [9.17, 15) is 14.4 Å². The van der Waals surface area contributed by atoms with E-state index in [0.29, 0.717) is 16.9 Å². The van der Waals surface area contributed by atoms with Gasteiger partial charge in [0, 0.05) is 6.42 Å². The Bertz CT molecular complexity index is 1050. The molecule has 0 spiro atoms. The van der Waals surface area contributed by atoms with E-state index < -0.39 is 23.8 Å². The van der Waals surface area contributed by atoms with Crippen molar-refractivity contribution < 1.29 is 19.1 Å². The molecule has 1 aliphatic rings. The summed E-state index contributed by atoms with van der Waals surface area (Å²) < 4.78 is 5.57. The van der Waals surface area contributed by atoms with Gasteiger partial charge < -0.3 is 4.74 Å². The van der Waals surface area contributed by atoms with Crippen molar-refractivity contribution in [2.75, 3.05) is 0 Å². The summed E-state index contributed by atoms with van der Waals surface area (Å²) in [6.07, 6.45) is 1.05. The summed E-state index contributed by atoms with van der Waals surface area (Å²) in [5.74, 6) is -1.21. The first-order valence-electron chi connectivity index (χ1n) is 9.90. The minimum atomic E-state index is -1.06. The Hall–Kier alpha value is -3.73. The lowest BCUT2D eigenvalue weighted by Gasteiger charge is -2.24. The van der Waals surface area contributed by atoms with Gasteiger partial charge in [-0.15, -0.1) is 0 Å². The highest BCUT2D eigenvalue weighted by atomic mass is 16.5. The summed E-state index contributed by atoms with van der Waals surface area (Å²) in [6.45, 7) is 2.04. The van der Waals surface area contributed by atoms with Crippen molar-refractivity contribution in [1.29, 1.82) is 0 Å². The van der Waals surface area contributed by atoms with Crippen molar-refractivity contribution >= 4 is 17.8 Å². The Labute approximate surface area is 174 Å². The van der Waals surface area contributed by atoms with E-state index in [1.807, 2.05) is 49.4 Å². The van der Waals surface area contributed by atoms with E-state index in [-0.39, 0.29) is 6.42 Å². The zero-order valence-corrected chi connectivity index (χ0v) is 16.6. The monoisotopic (exact) mass is 399 g/mol. The number of aryl methyl sites for hydroxylation is 1. The molecule has 0 unspecified atom stereocenters. The predicted octanol–water partition coefficient (Wildman–Crippen LogP) is 4.06. The van der Waals surface area contributed by atoms with Crippen LogP contribution < -0.4 is 4.74 Å². The third-order valence-electron chi connectivity index (χ3n) is 5.23. The van der Waals surface area contributed by atoms with Crippen molar-refractivity contribution in [3.05, 3.63) is 101 Å². The molecule has 1 aliphatic heterocycles. The van der Waals surface area contributed by atoms with Gasteiger partial charge in [0.15, 0.2) is 0 Å². The molecule has 0 N–H and O–H groups in total. The number of carbonyl (C=O) groups excluding carboxylic acids is 3. The number of esters is 1. The second kappa shape index (κ2) is 8.33. The van der Waals surface area contributed by atoms with Crippen LogP contribution in [-0.4, -0.2) is 28.7 Å². The number of imide groups is 1. The van der Waals surface area contributed by atoms with Crippen molar-refractivity contribution in [2.45, 2.75) is 25.8 Å². The molecule has 2 amide bonds. The van der Waals surface area contributed by atoms with E-state index in [4.69, 9.17) is 4.74 Å². The van der Waals surface area contributed by atoms with Gasteiger partial charge in [-0.25, -0.2) is 4.79 Å². The topological polar surface area (TPSA) is 63.7 Å². The van der Waals surface area contributed by atoms with E-state index in [1.165, 1.54) is 0 Å². The van der Waals surface area contributed by atoms with Crippen molar-refractivity contribution in [3.8, 4) is 5.75 Å². The fourth-order valence-electron chi connectivity index (χ4n) is 3.59. The fourth-order valence-corrected chi connectivity index (χ4v) is 3.59. The molecule has 150 valence electrons. The molecule has 4 rings (SSSR count). The summed E-state index contributed by atoms with van der Waals surface area (Å²) in [5, 5.41) is 0. The van der Waals surface area contributed by atoms with Gasteiger partial charge in [-0.1, -0.05) is 61.5 Å².